The lowest BCUT2D eigenvalue weighted by molar-refractivity contribution is 0.0551. The van der Waals surface area contributed by atoms with Crippen molar-refractivity contribution < 1.29 is 27.4 Å². The number of sulfonamides is 1. The van der Waals surface area contributed by atoms with Gasteiger partial charge in [-0.2, -0.15) is 0 Å². The van der Waals surface area contributed by atoms with E-state index in [0.29, 0.717) is 18.0 Å². The van der Waals surface area contributed by atoms with Gasteiger partial charge in [0.05, 0.1) is 18.0 Å². The Labute approximate surface area is 206 Å². The predicted molar refractivity (Wildman–Crippen MR) is 132 cm³/mol. The molecule has 35 heavy (non-hydrogen) atoms. The van der Waals surface area contributed by atoms with E-state index >= 15 is 0 Å². The van der Waals surface area contributed by atoms with Crippen LogP contribution in [0.3, 0.4) is 0 Å². The molecule has 192 valence electrons. The second-order valence-electron chi connectivity index (χ2n) is 9.61. The van der Waals surface area contributed by atoms with Gasteiger partial charge in [0.2, 0.25) is 0 Å². The number of ether oxygens (including phenoxy) is 1. The molecule has 8 nitrogen and oxygen atoms in total. The van der Waals surface area contributed by atoms with Gasteiger partial charge in [-0.3, -0.25) is 0 Å². The SMILES string of the molecule is CC(C)CN(c1ccc(C(C)C)cn1)S(=O)(=O)c1ccc(OCC2CCN(C(=O)O)CC2F)cc1. The van der Waals surface area contributed by atoms with Crippen molar-refractivity contribution in [2.24, 2.45) is 11.8 Å². The third-order valence-corrected chi connectivity index (χ3v) is 7.83. The van der Waals surface area contributed by atoms with E-state index in [9.17, 15) is 17.6 Å². The Morgan fingerprint density at radius 3 is 2.40 bits per heavy atom. The first-order valence-corrected chi connectivity index (χ1v) is 13.3. The standard InChI is InChI=1S/C25H34FN3O5S/c1-17(2)14-29(24-10-5-19(13-27-24)18(3)4)35(32,33)22-8-6-21(7-9-22)34-16-20-11-12-28(25(30)31)15-23(20)26/h5-10,13,17-18,20,23H,11-12,14-16H2,1-4H3,(H,30,31). The normalized spacial score (nSPS) is 18.7. The van der Waals surface area contributed by atoms with Crippen LogP contribution in [0.5, 0.6) is 5.75 Å². The zero-order valence-electron chi connectivity index (χ0n) is 20.6. The minimum Gasteiger partial charge on any atom is -0.493 e. The number of rotatable bonds is 9. The molecular weight excluding hydrogens is 473 g/mol. The first-order chi connectivity index (χ1) is 16.5. The predicted octanol–water partition coefficient (Wildman–Crippen LogP) is 4.77. The van der Waals surface area contributed by atoms with Crippen LogP contribution in [0.4, 0.5) is 15.0 Å². The number of likely N-dealkylation sites (tertiary alicyclic amines) is 1. The van der Waals surface area contributed by atoms with E-state index < -0.39 is 28.2 Å². The van der Waals surface area contributed by atoms with Crippen LogP contribution in [0.15, 0.2) is 47.5 Å². The summed E-state index contributed by atoms with van der Waals surface area (Å²) in [5.41, 5.74) is 1.03. The molecule has 10 heteroatoms. The van der Waals surface area contributed by atoms with Crippen molar-refractivity contribution in [2.75, 3.05) is 30.5 Å². The number of carbonyl (C=O) groups is 1. The lowest BCUT2D eigenvalue weighted by atomic mass is 9.96. The summed E-state index contributed by atoms with van der Waals surface area (Å²) in [7, 11) is -3.86. The van der Waals surface area contributed by atoms with Crippen LogP contribution in [0.25, 0.3) is 0 Å². The Balaban J connectivity index is 1.71. The summed E-state index contributed by atoms with van der Waals surface area (Å²) in [5, 5.41) is 9.01. The minimum absolute atomic E-state index is 0.0835. The van der Waals surface area contributed by atoms with Crippen LogP contribution in [-0.2, 0) is 10.0 Å². The maximum Gasteiger partial charge on any atom is 0.407 e. The highest BCUT2D eigenvalue weighted by Gasteiger charge is 2.32. The van der Waals surface area contributed by atoms with E-state index in [1.54, 1.807) is 24.4 Å². The van der Waals surface area contributed by atoms with Crippen molar-refractivity contribution in [3.63, 3.8) is 0 Å². The number of piperidine rings is 1. The summed E-state index contributed by atoms with van der Waals surface area (Å²) in [6, 6.07) is 9.67. The maximum atomic E-state index is 14.3. The number of anilines is 1. The van der Waals surface area contributed by atoms with Gasteiger partial charge in [-0.25, -0.2) is 26.9 Å². The van der Waals surface area contributed by atoms with Crippen molar-refractivity contribution in [1.82, 2.24) is 9.88 Å². The average molecular weight is 508 g/mol. The van der Waals surface area contributed by atoms with E-state index in [1.807, 2.05) is 19.9 Å². The number of hydrogen-bond donors (Lipinski definition) is 1. The molecule has 1 aromatic heterocycles. The maximum absolute atomic E-state index is 14.3. The monoisotopic (exact) mass is 507 g/mol. The fourth-order valence-electron chi connectivity index (χ4n) is 3.89. The Bertz CT molecular complexity index is 1090. The van der Waals surface area contributed by atoms with Crippen LogP contribution in [0.2, 0.25) is 0 Å². The summed E-state index contributed by atoms with van der Waals surface area (Å²) in [6.45, 7) is 8.46. The van der Waals surface area contributed by atoms with Gasteiger partial charge in [0.25, 0.3) is 10.0 Å². The Hall–Kier alpha value is -2.88. The molecule has 0 saturated carbocycles. The third-order valence-electron chi connectivity index (χ3n) is 6.05. The Kier molecular flexibility index (Phi) is 8.58. The number of nitrogens with zero attached hydrogens (tertiary/aromatic N) is 3. The largest absolute Gasteiger partial charge is 0.493 e. The molecule has 1 aliphatic rings. The van der Waals surface area contributed by atoms with E-state index in [2.05, 4.69) is 18.8 Å². The van der Waals surface area contributed by atoms with Gasteiger partial charge in [-0.05, 0) is 54.2 Å². The number of benzene rings is 1. The van der Waals surface area contributed by atoms with E-state index in [-0.39, 0.29) is 43.0 Å². The first kappa shape index (κ1) is 26.7. The van der Waals surface area contributed by atoms with Gasteiger partial charge in [-0.15, -0.1) is 0 Å². The molecule has 0 bridgehead atoms. The number of pyridine rings is 1. The van der Waals surface area contributed by atoms with Crippen LogP contribution >= 0.6 is 0 Å². The van der Waals surface area contributed by atoms with Crippen molar-refractivity contribution in [3.8, 4) is 5.75 Å². The summed E-state index contributed by atoms with van der Waals surface area (Å²) < 4.78 is 48.3. The van der Waals surface area contributed by atoms with Gasteiger partial charge in [0.1, 0.15) is 17.7 Å². The van der Waals surface area contributed by atoms with Crippen molar-refractivity contribution in [2.45, 2.75) is 51.1 Å². The molecule has 0 radical (unpaired) electrons. The zero-order chi connectivity index (χ0) is 25.8. The van der Waals surface area contributed by atoms with E-state index in [4.69, 9.17) is 9.84 Å². The Morgan fingerprint density at radius 1 is 1.20 bits per heavy atom. The van der Waals surface area contributed by atoms with Gasteiger partial charge < -0.3 is 14.7 Å². The highest BCUT2D eigenvalue weighted by Crippen LogP contribution is 2.27. The minimum atomic E-state index is -3.86. The summed E-state index contributed by atoms with van der Waals surface area (Å²) in [4.78, 5) is 16.6. The number of halogens is 1. The second-order valence-corrected chi connectivity index (χ2v) is 11.5. The molecule has 2 aromatic rings. The summed E-state index contributed by atoms with van der Waals surface area (Å²) >= 11 is 0. The van der Waals surface area contributed by atoms with Gasteiger partial charge >= 0.3 is 6.09 Å². The smallest absolute Gasteiger partial charge is 0.407 e. The van der Waals surface area contributed by atoms with Crippen LogP contribution in [0, 0.1) is 11.8 Å². The quantitative estimate of drug-likeness (QED) is 0.525. The topological polar surface area (TPSA) is 100 Å². The Morgan fingerprint density at radius 2 is 1.89 bits per heavy atom. The van der Waals surface area contributed by atoms with Crippen LogP contribution in [0.1, 0.15) is 45.6 Å². The molecular formula is C25H34FN3O5S. The van der Waals surface area contributed by atoms with Gasteiger partial charge in [0, 0.05) is 25.2 Å². The van der Waals surface area contributed by atoms with E-state index in [0.717, 1.165) is 10.5 Å². The molecule has 2 atom stereocenters. The molecule has 1 N–H and O–H groups in total. The molecule has 3 rings (SSSR count). The highest BCUT2D eigenvalue weighted by molar-refractivity contribution is 7.92. The lowest BCUT2D eigenvalue weighted by Gasteiger charge is -2.32. The molecule has 1 saturated heterocycles. The molecule has 1 aliphatic heterocycles. The third kappa shape index (κ3) is 6.62. The van der Waals surface area contributed by atoms with Crippen molar-refractivity contribution >= 4 is 21.9 Å². The molecule has 0 spiro atoms. The number of amides is 1. The molecule has 1 fully saturated rings. The number of aromatic nitrogens is 1. The second kappa shape index (κ2) is 11.2. The van der Waals surface area contributed by atoms with Crippen molar-refractivity contribution in [1.29, 1.82) is 0 Å². The first-order valence-electron chi connectivity index (χ1n) is 11.8. The fraction of sp³-hybridized carbons (Fsp3) is 0.520. The fourth-order valence-corrected chi connectivity index (χ4v) is 5.47. The summed E-state index contributed by atoms with van der Waals surface area (Å²) in [6.07, 6.45) is -0.356. The number of carboxylic acid groups (broad SMARTS) is 1. The van der Waals surface area contributed by atoms with Gasteiger partial charge in [0.15, 0.2) is 0 Å². The van der Waals surface area contributed by atoms with E-state index in [1.165, 1.54) is 16.4 Å². The highest BCUT2D eigenvalue weighted by atomic mass is 32.2. The lowest BCUT2D eigenvalue weighted by Crippen LogP contribution is -2.45. The number of alkyl halides is 1. The average Bonchev–Trinajstić information content (AvgIpc) is 2.81. The van der Waals surface area contributed by atoms with Crippen LogP contribution < -0.4 is 9.04 Å². The molecule has 2 unspecified atom stereocenters. The molecule has 1 amide bonds. The summed E-state index contributed by atoms with van der Waals surface area (Å²) in [5.74, 6) is 0.740. The molecule has 1 aromatic carbocycles. The zero-order valence-corrected chi connectivity index (χ0v) is 21.4. The van der Waals surface area contributed by atoms with Crippen molar-refractivity contribution in [3.05, 3.63) is 48.2 Å². The number of hydrogen-bond acceptors (Lipinski definition) is 5. The molecule has 0 aliphatic carbocycles. The van der Waals surface area contributed by atoms with Gasteiger partial charge in [-0.1, -0.05) is 33.8 Å². The molecule has 2 heterocycles. The van der Waals surface area contributed by atoms with Crippen LogP contribution in [-0.4, -0.2) is 61.9 Å².